The minimum Gasteiger partial charge on any atom is -0.465 e. The minimum absolute atomic E-state index is 0.258. The first-order valence-electron chi connectivity index (χ1n) is 7.15. The van der Waals surface area contributed by atoms with Crippen LogP contribution in [0, 0.1) is 5.82 Å². The summed E-state index contributed by atoms with van der Waals surface area (Å²) in [6.07, 6.45) is 8.94. The van der Waals surface area contributed by atoms with Crippen LogP contribution in [-0.4, -0.2) is 13.1 Å². The zero-order valence-corrected chi connectivity index (χ0v) is 12.8. The quantitative estimate of drug-likeness (QED) is 0.456. The average Bonchev–Trinajstić information content (AvgIpc) is 2.60. The number of esters is 1. The molecule has 2 aromatic carbocycles. The van der Waals surface area contributed by atoms with Crippen LogP contribution in [0.4, 0.5) is 4.39 Å². The van der Waals surface area contributed by atoms with E-state index < -0.39 is 0 Å². The summed E-state index contributed by atoms with van der Waals surface area (Å²) in [5, 5.41) is 0. The maximum atomic E-state index is 12.8. The van der Waals surface area contributed by atoms with Crippen LogP contribution >= 0.6 is 0 Å². The molecule has 0 aromatic heterocycles. The van der Waals surface area contributed by atoms with Crippen molar-refractivity contribution in [1.29, 1.82) is 0 Å². The van der Waals surface area contributed by atoms with Crippen molar-refractivity contribution >= 4 is 17.6 Å². The van der Waals surface area contributed by atoms with Crippen LogP contribution in [0.5, 0.6) is 0 Å². The molecule has 3 heteroatoms. The largest absolute Gasteiger partial charge is 0.465 e. The summed E-state index contributed by atoms with van der Waals surface area (Å²) >= 11 is 0. The normalized spacial score (nSPS) is 12.0. The Morgan fingerprint density at radius 1 is 0.957 bits per heavy atom. The highest BCUT2D eigenvalue weighted by Gasteiger charge is 2.10. The molecular formula is C20H17FO2. The van der Waals surface area contributed by atoms with Gasteiger partial charge in [0.2, 0.25) is 0 Å². The van der Waals surface area contributed by atoms with Gasteiger partial charge in [0.25, 0.3) is 0 Å². The number of halogens is 1. The third-order valence-corrected chi connectivity index (χ3v) is 3.13. The van der Waals surface area contributed by atoms with Crippen LogP contribution < -0.4 is 0 Å². The van der Waals surface area contributed by atoms with E-state index in [0.29, 0.717) is 5.57 Å². The first kappa shape index (κ1) is 16.4. The molecule has 0 radical (unpaired) electrons. The summed E-state index contributed by atoms with van der Waals surface area (Å²) in [5.41, 5.74) is 2.18. The fourth-order valence-electron chi connectivity index (χ4n) is 1.97. The molecule has 0 spiro atoms. The average molecular weight is 308 g/mol. The van der Waals surface area contributed by atoms with Crippen LogP contribution in [0.15, 0.2) is 78.9 Å². The first-order chi connectivity index (χ1) is 11.2. The third kappa shape index (κ3) is 5.08. The van der Waals surface area contributed by atoms with Crippen LogP contribution in [0.25, 0.3) is 11.6 Å². The van der Waals surface area contributed by atoms with Gasteiger partial charge in [0.1, 0.15) is 5.82 Å². The maximum Gasteiger partial charge on any atom is 0.338 e. The fourth-order valence-corrected chi connectivity index (χ4v) is 1.97. The first-order valence-corrected chi connectivity index (χ1v) is 7.15. The highest BCUT2D eigenvalue weighted by atomic mass is 19.1. The Kier molecular flexibility index (Phi) is 6.07. The van der Waals surface area contributed by atoms with Crippen LogP contribution in [0.2, 0.25) is 0 Å². The van der Waals surface area contributed by atoms with Crippen molar-refractivity contribution < 1.29 is 13.9 Å². The molecule has 0 bridgehead atoms. The lowest BCUT2D eigenvalue weighted by Crippen LogP contribution is -2.03. The third-order valence-electron chi connectivity index (χ3n) is 3.13. The van der Waals surface area contributed by atoms with E-state index in [1.54, 1.807) is 30.4 Å². The topological polar surface area (TPSA) is 26.3 Å². The molecule has 2 rings (SSSR count). The molecule has 0 unspecified atom stereocenters. The Morgan fingerprint density at radius 3 is 2.30 bits per heavy atom. The molecule has 0 N–H and O–H groups in total. The van der Waals surface area contributed by atoms with Crippen molar-refractivity contribution in [2.24, 2.45) is 0 Å². The van der Waals surface area contributed by atoms with E-state index in [2.05, 4.69) is 0 Å². The second kappa shape index (κ2) is 8.49. The Hall–Kier alpha value is -2.94. The molecule has 0 aliphatic carbocycles. The van der Waals surface area contributed by atoms with Gasteiger partial charge < -0.3 is 4.74 Å². The fraction of sp³-hybridized carbons (Fsp3) is 0.0500. The lowest BCUT2D eigenvalue weighted by molar-refractivity contribution is -0.133. The Morgan fingerprint density at radius 2 is 1.65 bits per heavy atom. The number of carbonyl (C=O) groups is 1. The van der Waals surface area contributed by atoms with E-state index in [1.807, 2.05) is 42.5 Å². The summed E-state index contributed by atoms with van der Waals surface area (Å²) in [5.74, 6) is -0.644. The molecule has 23 heavy (non-hydrogen) atoms. The second-order valence-corrected chi connectivity index (χ2v) is 4.73. The molecule has 0 fully saturated rings. The molecule has 0 aliphatic heterocycles. The Balaban J connectivity index is 2.11. The van der Waals surface area contributed by atoms with E-state index in [-0.39, 0.29) is 11.8 Å². The molecule has 116 valence electrons. The van der Waals surface area contributed by atoms with Crippen molar-refractivity contribution in [3.8, 4) is 0 Å². The van der Waals surface area contributed by atoms with Gasteiger partial charge in [-0.1, -0.05) is 66.8 Å². The molecule has 0 aliphatic rings. The number of methoxy groups -OCH3 is 1. The lowest BCUT2D eigenvalue weighted by Gasteiger charge is -2.04. The summed E-state index contributed by atoms with van der Waals surface area (Å²) in [6, 6.07) is 15.5. The molecule has 0 heterocycles. The summed E-state index contributed by atoms with van der Waals surface area (Å²) in [4.78, 5) is 11.9. The SMILES string of the molecule is COC(=O)/C(=C/C=C/C=C/c1ccc(F)cc1)c1ccccc1. The van der Waals surface area contributed by atoms with Gasteiger partial charge in [-0.2, -0.15) is 0 Å². The minimum atomic E-state index is -0.386. The zero-order chi connectivity index (χ0) is 16.5. The Bertz CT molecular complexity index is 726. The predicted molar refractivity (Wildman–Crippen MR) is 91.0 cm³/mol. The smallest absolute Gasteiger partial charge is 0.338 e. The predicted octanol–water partition coefficient (Wildman–Crippen LogP) is 4.65. The standard InChI is InChI=1S/C20H17FO2/c1-23-20(22)19(17-9-5-3-6-10-17)11-7-2-4-8-16-12-14-18(21)15-13-16/h2-15H,1H3/b7-2+,8-4+,19-11+. The molecule has 0 saturated heterocycles. The summed E-state index contributed by atoms with van der Waals surface area (Å²) < 4.78 is 17.6. The van der Waals surface area contributed by atoms with Gasteiger partial charge in [-0.15, -0.1) is 0 Å². The number of rotatable bonds is 5. The molecule has 0 amide bonds. The van der Waals surface area contributed by atoms with Gasteiger partial charge in [-0.05, 0) is 29.3 Å². The number of allylic oxidation sites excluding steroid dienone is 4. The van der Waals surface area contributed by atoms with Crippen LogP contribution in [0.1, 0.15) is 11.1 Å². The lowest BCUT2D eigenvalue weighted by atomic mass is 10.1. The van der Waals surface area contributed by atoms with Crippen molar-refractivity contribution in [2.75, 3.05) is 7.11 Å². The second-order valence-electron chi connectivity index (χ2n) is 4.73. The molecule has 0 atom stereocenters. The van der Waals surface area contributed by atoms with Gasteiger partial charge in [0, 0.05) is 0 Å². The maximum absolute atomic E-state index is 12.8. The molecular weight excluding hydrogens is 291 g/mol. The van der Waals surface area contributed by atoms with E-state index in [0.717, 1.165) is 11.1 Å². The highest BCUT2D eigenvalue weighted by molar-refractivity contribution is 6.16. The number of ether oxygens (including phenoxy) is 1. The number of hydrogen-bond acceptors (Lipinski definition) is 2. The van der Waals surface area contributed by atoms with Crippen molar-refractivity contribution in [2.45, 2.75) is 0 Å². The molecule has 2 nitrogen and oxygen atoms in total. The van der Waals surface area contributed by atoms with Crippen molar-refractivity contribution in [1.82, 2.24) is 0 Å². The summed E-state index contributed by atoms with van der Waals surface area (Å²) in [6.45, 7) is 0. The number of carbonyl (C=O) groups excluding carboxylic acids is 1. The van der Waals surface area contributed by atoms with Gasteiger partial charge in [0.05, 0.1) is 12.7 Å². The van der Waals surface area contributed by atoms with Gasteiger partial charge >= 0.3 is 5.97 Å². The van der Waals surface area contributed by atoms with Crippen molar-refractivity contribution in [3.05, 3.63) is 95.8 Å². The number of benzene rings is 2. The van der Waals surface area contributed by atoms with E-state index in [9.17, 15) is 9.18 Å². The Labute approximate surface area is 135 Å². The van der Waals surface area contributed by atoms with Gasteiger partial charge in [-0.3, -0.25) is 0 Å². The van der Waals surface area contributed by atoms with E-state index >= 15 is 0 Å². The number of hydrogen-bond donors (Lipinski definition) is 0. The monoisotopic (exact) mass is 308 g/mol. The van der Waals surface area contributed by atoms with Crippen molar-refractivity contribution in [3.63, 3.8) is 0 Å². The zero-order valence-electron chi connectivity index (χ0n) is 12.8. The summed E-state index contributed by atoms with van der Waals surface area (Å²) in [7, 11) is 1.36. The molecule has 0 saturated carbocycles. The van der Waals surface area contributed by atoms with Gasteiger partial charge in [0.15, 0.2) is 0 Å². The highest BCUT2D eigenvalue weighted by Crippen LogP contribution is 2.15. The van der Waals surface area contributed by atoms with E-state index in [4.69, 9.17) is 4.74 Å². The molecule has 2 aromatic rings. The van der Waals surface area contributed by atoms with Gasteiger partial charge in [-0.25, -0.2) is 9.18 Å². The van der Waals surface area contributed by atoms with Crippen LogP contribution in [0.3, 0.4) is 0 Å². The van der Waals surface area contributed by atoms with E-state index in [1.165, 1.54) is 19.2 Å². The van der Waals surface area contributed by atoms with Crippen LogP contribution in [-0.2, 0) is 9.53 Å².